The van der Waals surface area contributed by atoms with Gasteiger partial charge in [0.15, 0.2) is 5.11 Å². The molecule has 3 N–H and O–H groups in total. The predicted molar refractivity (Wildman–Crippen MR) is 88.4 cm³/mol. The normalized spacial score (nSPS) is 15.8. The molecule has 0 saturated heterocycles. The standard InChI is InChI=1S/C16H19N3OS/c20-15(14-10-11-6-4-5-9-13(11)18-14)19-16(21)17-12-7-2-1-3-8-12/h4-6,9-10,12,18H,1-3,7-8H2,(H2,17,19,20,21). The zero-order chi connectivity index (χ0) is 14.7. The summed E-state index contributed by atoms with van der Waals surface area (Å²) in [7, 11) is 0. The van der Waals surface area contributed by atoms with Gasteiger partial charge in [0.05, 0.1) is 0 Å². The lowest BCUT2D eigenvalue weighted by molar-refractivity contribution is 0.0972. The third kappa shape index (κ3) is 3.42. The van der Waals surface area contributed by atoms with Crippen molar-refractivity contribution in [1.29, 1.82) is 0 Å². The van der Waals surface area contributed by atoms with Crippen LogP contribution in [0.5, 0.6) is 0 Å². The molecule has 110 valence electrons. The fourth-order valence-electron chi connectivity index (χ4n) is 2.83. The second-order valence-corrected chi connectivity index (χ2v) is 5.94. The molecule has 0 unspecified atom stereocenters. The van der Waals surface area contributed by atoms with Gasteiger partial charge >= 0.3 is 0 Å². The molecule has 0 aliphatic heterocycles. The van der Waals surface area contributed by atoms with Crippen LogP contribution in [0.3, 0.4) is 0 Å². The lowest BCUT2D eigenvalue weighted by Crippen LogP contribution is -2.45. The van der Waals surface area contributed by atoms with Crippen molar-refractivity contribution in [3.8, 4) is 0 Å². The molecule has 1 aromatic heterocycles. The fraction of sp³-hybridized carbons (Fsp3) is 0.375. The van der Waals surface area contributed by atoms with E-state index in [-0.39, 0.29) is 5.91 Å². The van der Waals surface area contributed by atoms with Gasteiger partial charge in [0.25, 0.3) is 5.91 Å². The molecule has 1 aliphatic carbocycles. The van der Waals surface area contributed by atoms with Gasteiger partial charge < -0.3 is 10.3 Å². The molecule has 0 bridgehead atoms. The summed E-state index contributed by atoms with van der Waals surface area (Å²) < 4.78 is 0. The highest BCUT2D eigenvalue weighted by atomic mass is 32.1. The van der Waals surface area contributed by atoms with E-state index in [2.05, 4.69) is 15.6 Å². The first-order valence-electron chi connectivity index (χ1n) is 7.42. The number of H-pyrrole nitrogens is 1. The predicted octanol–water partition coefficient (Wildman–Crippen LogP) is 3.10. The van der Waals surface area contributed by atoms with Gasteiger partial charge in [-0.05, 0) is 37.2 Å². The van der Waals surface area contributed by atoms with Crippen LogP contribution in [0.2, 0.25) is 0 Å². The van der Waals surface area contributed by atoms with Crippen LogP contribution in [-0.4, -0.2) is 22.0 Å². The van der Waals surface area contributed by atoms with E-state index in [1.54, 1.807) is 0 Å². The molecular formula is C16H19N3OS. The van der Waals surface area contributed by atoms with Crippen molar-refractivity contribution in [2.75, 3.05) is 0 Å². The van der Waals surface area contributed by atoms with Crippen LogP contribution in [0.1, 0.15) is 42.6 Å². The highest BCUT2D eigenvalue weighted by molar-refractivity contribution is 7.80. The Kier molecular flexibility index (Phi) is 4.20. The van der Waals surface area contributed by atoms with Crippen molar-refractivity contribution < 1.29 is 4.79 Å². The number of amides is 1. The van der Waals surface area contributed by atoms with E-state index in [9.17, 15) is 4.79 Å². The third-order valence-corrected chi connectivity index (χ3v) is 4.16. The second-order valence-electron chi connectivity index (χ2n) is 5.53. The molecule has 2 aromatic rings. The summed E-state index contributed by atoms with van der Waals surface area (Å²) in [5.74, 6) is -0.195. The maximum Gasteiger partial charge on any atom is 0.273 e. The topological polar surface area (TPSA) is 56.9 Å². The average molecular weight is 301 g/mol. The van der Waals surface area contributed by atoms with E-state index < -0.39 is 0 Å². The Hall–Kier alpha value is -1.88. The largest absolute Gasteiger partial charge is 0.360 e. The molecule has 1 amide bonds. The number of para-hydroxylation sites is 1. The molecule has 1 heterocycles. The zero-order valence-electron chi connectivity index (χ0n) is 11.8. The molecule has 1 fully saturated rings. The molecule has 0 atom stereocenters. The number of hydrogen-bond donors (Lipinski definition) is 3. The van der Waals surface area contributed by atoms with E-state index in [0.29, 0.717) is 16.8 Å². The van der Waals surface area contributed by atoms with Gasteiger partial charge in [0.2, 0.25) is 0 Å². The van der Waals surface area contributed by atoms with E-state index >= 15 is 0 Å². The first-order chi connectivity index (χ1) is 10.2. The number of benzene rings is 1. The monoisotopic (exact) mass is 301 g/mol. The van der Waals surface area contributed by atoms with Gasteiger partial charge in [-0.15, -0.1) is 0 Å². The van der Waals surface area contributed by atoms with Crippen LogP contribution in [-0.2, 0) is 0 Å². The zero-order valence-corrected chi connectivity index (χ0v) is 12.6. The summed E-state index contributed by atoms with van der Waals surface area (Å²) in [6.45, 7) is 0. The Morgan fingerprint density at radius 1 is 1.19 bits per heavy atom. The first-order valence-corrected chi connectivity index (χ1v) is 7.83. The number of aromatic amines is 1. The maximum absolute atomic E-state index is 12.2. The minimum absolute atomic E-state index is 0.195. The van der Waals surface area contributed by atoms with Crippen LogP contribution >= 0.6 is 12.2 Å². The Morgan fingerprint density at radius 3 is 2.71 bits per heavy atom. The Morgan fingerprint density at radius 2 is 1.95 bits per heavy atom. The van der Waals surface area contributed by atoms with Crippen molar-refractivity contribution in [1.82, 2.24) is 15.6 Å². The number of nitrogens with one attached hydrogen (secondary N) is 3. The van der Waals surface area contributed by atoms with Gasteiger partial charge in [-0.25, -0.2) is 0 Å². The minimum atomic E-state index is -0.195. The van der Waals surface area contributed by atoms with Gasteiger partial charge in [-0.1, -0.05) is 37.5 Å². The highest BCUT2D eigenvalue weighted by Crippen LogP contribution is 2.17. The lowest BCUT2D eigenvalue weighted by atomic mass is 9.96. The smallest absolute Gasteiger partial charge is 0.273 e. The van der Waals surface area contributed by atoms with Crippen LogP contribution in [0.4, 0.5) is 0 Å². The summed E-state index contributed by atoms with van der Waals surface area (Å²) in [6.07, 6.45) is 6.02. The number of thiocarbonyl (C=S) groups is 1. The molecule has 5 heteroatoms. The summed E-state index contributed by atoms with van der Waals surface area (Å²) in [5.41, 5.74) is 1.48. The van der Waals surface area contributed by atoms with Gasteiger partial charge in [0.1, 0.15) is 5.69 Å². The molecular weight excluding hydrogens is 282 g/mol. The van der Waals surface area contributed by atoms with Crippen molar-refractivity contribution >= 4 is 34.1 Å². The molecule has 21 heavy (non-hydrogen) atoms. The van der Waals surface area contributed by atoms with E-state index in [4.69, 9.17) is 12.2 Å². The minimum Gasteiger partial charge on any atom is -0.360 e. The van der Waals surface area contributed by atoms with Crippen molar-refractivity contribution in [3.63, 3.8) is 0 Å². The number of hydrogen-bond acceptors (Lipinski definition) is 2. The van der Waals surface area contributed by atoms with E-state index in [0.717, 1.165) is 23.7 Å². The molecule has 1 aliphatic rings. The first kappa shape index (κ1) is 14.1. The summed E-state index contributed by atoms with van der Waals surface area (Å²) in [6, 6.07) is 10.1. The third-order valence-electron chi connectivity index (χ3n) is 3.94. The highest BCUT2D eigenvalue weighted by Gasteiger charge is 2.16. The Balaban J connectivity index is 1.61. The van der Waals surface area contributed by atoms with Gasteiger partial charge in [0, 0.05) is 16.9 Å². The average Bonchev–Trinajstić information content (AvgIpc) is 2.92. The molecule has 0 radical (unpaired) electrons. The second kappa shape index (κ2) is 6.26. The molecule has 3 rings (SSSR count). The van der Waals surface area contributed by atoms with Crippen LogP contribution in [0.15, 0.2) is 30.3 Å². The number of rotatable bonds is 2. The van der Waals surface area contributed by atoms with Crippen LogP contribution in [0.25, 0.3) is 10.9 Å². The quantitative estimate of drug-likeness (QED) is 0.747. The van der Waals surface area contributed by atoms with Crippen LogP contribution < -0.4 is 10.6 Å². The SMILES string of the molecule is O=C(NC(=S)NC1CCCCC1)c1cc2ccccc2[nH]1. The summed E-state index contributed by atoms with van der Waals surface area (Å²) >= 11 is 5.23. The number of carbonyl (C=O) groups is 1. The Labute approximate surface area is 129 Å². The van der Waals surface area contributed by atoms with Crippen LogP contribution in [0, 0.1) is 0 Å². The van der Waals surface area contributed by atoms with Gasteiger partial charge in [-0.3, -0.25) is 10.1 Å². The number of aromatic nitrogens is 1. The lowest BCUT2D eigenvalue weighted by Gasteiger charge is -2.23. The number of carbonyl (C=O) groups excluding carboxylic acids is 1. The van der Waals surface area contributed by atoms with E-state index in [1.165, 1.54) is 19.3 Å². The van der Waals surface area contributed by atoms with Gasteiger partial charge in [-0.2, -0.15) is 0 Å². The molecule has 1 aromatic carbocycles. The van der Waals surface area contributed by atoms with Crippen molar-refractivity contribution in [2.24, 2.45) is 0 Å². The summed E-state index contributed by atoms with van der Waals surface area (Å²) in [5, 5.41) is 7.44. The van der Waals surface area contributed by atoms with Crippen molar-refractivity contribution in [2.45, 2.75) is 38.1 Å². The molecule has 1 saturated carbocycles. The maximum atomic E-state index is 12.2. The summed E-state index contributed by atoms with van der Waals surface area (Å²) in [4.78, 5) is 15.3. The Bertz CT molecular complexity index is 625. The fourth-order valence-corrected chi connectivity index (χ4v) is 3.09. The van der Waals surface area contributed by atoms with Crippen molar-refractivity contribution in [3.05, 3.63) is 36.0 Å². The molecule has 4 nitrogen and oxygen atoms in total. The molecule has 0 spiro atoms. The van der Waals surface area contributed by atoms with E-state index in [1.807, 2.05) is 30.3 Å². The number of fused-ring (bicyclic) bond motifs is 1.